The molecule has 1 aliphatic heterocycles. The summed E-state index contributed by atoms with van der Waals surface area (Å²) in [4.78, 5) is 38.7. The Morgan fingerprint density at radius 1 is 1.07 bits per heavy atom. The highest BCUT2D eigenvalue weighted by molar-refractivity contribution is 6.06. The lowest BCUT2D eigenvalue weighted by molar-refractivity contribution is -0.384. The van der Waals surface area contributed by atoms with Crippen LogP contribution in [0.1, 0.15) is 18.9 Å². The van der Waals surface area contributed by atoms with Crippen molar-refractivity contribution in [2.24, 2.45) is 5.16 Å². The normalized spacial score (nSPS) is 15.4. The number of nitrogens with one attached hydrogen (secondary N) is 2. The Morgan fingerprint density at radius 2 is 1.67 bits per heavy atom. The van der Waals surface area contributed by atoms with E-state index in [1.165, 1.54) is 31.2 Å². The van der Waals surface area contributed by atoms with Crippen LogP contribution in [0, 0.1) is 10.1 Å². The molecule has 27 heavy (non-hydrogen) atoms. The van der Waals surface area contributed by atoms with Crippen molar-refractivity contribution in [2.45, 2.75) is 19.4 Å². The molecule has 2 aromatic carbocycles. The zero-order valence-corrected chi connectivity index (χ0v) is 14.3. The maximum absolute atomic E-state index is 12.3. The van der Waals surface area contributed by atoms with Crippen LogP contribution in [0.2, 0.25) is 0 Å². The SMILES string of the molecule is CC(=O)Nc1ccc(C2=NOC(C(=O)Nc3ccc([N+](=O)[O-])cc3)C2)cc1. The number of anilines is 2. The Kier molecular flexibility index (Phi) is 5.11. The van der Waals surface area contributed by atoms with E-state index in [9.17, 15) is 19.7 Å². The molecule has 1 unspecified atom stereocenters. The molecule has 0 saturated carbocycles. The molecule has 1 aliphatic rings. The second kappa shape index (κ2) is 7.65. The number of hydrogen-bond acceptors (Lipinski definition) is 6. The van der Waals surface area contributed by atoms with Gasteiger partial charge < -0.3 is 15.5 Å². The summed E-state index contributed by atoms with van der Waals surface area (Å²) in [5.41, 5.74) is 2.45. The highest BCUT2D eigenvalue weighted by atomic mass is 16.6. The van der Waals surface area contributed by atoms with Crippen LogP contribution in [0.5, 0.6) is 0 Å². The van der Waals surface area contributed by atoms with Crippen LogP contribution in [0.25, 0.3) is 0 Å². The van der Waals surface area contributed by atoms with Gasteiger partial charge in [-0.05, 0) is 29.8 Å². The number of nitro groups is 1. The van der Waals surface area contributed by atoms with E-state index < -0.39 is 16.9 Å². The molecule has 2 amide bonds. The van der Waals surface area contributed by atoms with Gasteiger partial charge in [-0.2, -0.15) is 0 Å². The lowest BCUT2D eigenvalue weighted by Gasteiger charge is -2.09. The molecule has 0 radical (unpaired) electrons. The average Bonchev–Trinajstić information content (AvgIpc) is 3.12. The molecule has 0 spiro atoms. The molecule has 2 aromatic rings. The second-order valence-corrected chi connectivity index (χ2v) is 5.89. The van der Waals surface area contributed by atoms with Crippen molar-refractivity contribution in [2.75, 3.05) is 10.6 Å². The van der Waals surface area contributed by atoms with Gasteiger partial charge in [0.25, 0.3) is 11.6 Å². The van der Waals surface area contributed by atoms with Crippen molar-refractivity contribution in [3.63, 3.8) is 0 Å². The first kappa shape index (κ1) is 18.1. The predicted octanol–water partition coefficient (Wildman–Crippen LogP) is 2.68. The lowest BCUT2D eigenvalue weighted by atomic mass is 10.0. The van der Waals surface area contributed by atoms with Gasteiger partial charge >= 0.3 is 0 Å². The Labute approximate surface area is 154 Å². The molecule has 0 saturated heterocycles. The monoisotopic (exact) mass is 368 g/mol. The van der Waals surface area contributed by atoms with E-state index in [1.54, 1.807) is 24.3 Å². The zero-order valence-electron chi connectivity index (χ0n) is 14.3. The first-order valence-electron chi connectivity index (χ1n) is 8.08. The van der Waals surface area contributed by atoms with Gasteiger partial charge in [0.1, 0.15) is 0 Å². The minimum Gasteiger partial charge on any atom is -0.382 e. The van der Waals surface area contributed by atoms with Crippen LogP contribution in [0.3, 0.4) is 0 Å². The minimum absolute atomic E-state index is 0.0570. The van der Waals surface area contributed by atoms with Crippen LogP contribution in [0.15, 0.2) is 53.7 Å². The summed E-state index contributed by atoms with van der Waals surface area (Å²) in [5, 5.41) is 19.9. The maximum atomic E-state index is 12.3. The van der Waals surface area contributed by atoms with Gasteiger partial charge in [0, 0.05) is 36.9 Å². The smallest absolute Gasteiger partial charge is 0.269 e. The third kappa shape index (κ3) is 4.46. The van der Waals surface area contributed by atoms with Crippen LogP contribution >= 0.6 is 0 Å². The number of non-ortho nitro benzene ring substituents is 1. The van der Waals surface area contributed by atoms with E-state index in [-0.39, 0.29) is 18.0 Å². The summed E-state index contributed by atoms with van der Waals surface area (Å²) in [6, 6.07) is 12.6. The van der Waals surface area contributed by atoms with Crippen molar-refractivity contribution in [1.82, 2.24) is 0 Å². The summed E-state index contributed by atoms with van der Waals surface area (Å²) >= 11 is 0. The van der Waals surface area contributed by atoms with Gasteiger partial charge in [-0.25, -0.2) is 0 Å². The molecule has 138 valence electrons. The Morgan fingerprint density at radius 3 is 2.26 bits per heavy atom. The van der Waals surface area contributed by atoms with E-state index >= 15 is 0 Å². The van der Waals surface area contributed by atoms with Crippen molar-refractivity contribution < 1.29 is 19.3 Å². The minimum atomic E-state index is -0.787. The van der Waals surface area contributed by atoms with Gasteiger partial charge in [-0.15, -0.1) is 0 Å². The van der Waals surface area contributed by atoms with Crippen molar-refractivity contribution >= 4 is 34.6 Å². The van der Waals surface area contributed by atoms with Crippen LogP contribution < -0.4 is 10.6 Å². The number of carbonyl (C=O) groups excluding carboxylic acids is 2. The maximum Gasteiger partial charge on any atom is 0.269 e. The van der Waals surface area contributed by atoms with Gasteiger partial charge in [0.2, 0.25) is 12.0 Å². The number of nitro benzene ring substituents is 1. The number of oxime groups is 1. The zero-order chi connectivity index (χ0) is 19.4. The van der Waals surface area contributed by atoms with Crippen molar-refractivity contribution in [1.29, 1.82) is 0 Å². The summed E-state index contributed by atoms with van der Waals surface area (Å²) in [5.74, 6) is -0.551. The Bertz CT molecular complexity index is 906. The summed E-state index contributed by atoms with van der Waals surface area (Å²) in [6.07, 6.45) is -0.497. The number of amides is 2. The second-order valence-electron chi connectivity index (χ2n) is 5.89. The van der Waals surface area contributed by atoms with Gasteiger partial charge in [0.15, 0.2) is 0 Å². The first-order valence-corrected chi connectivity index (χ1v) is 8.08. The summed E-state index contributed by atoms with van der Waals surface area (Å²) in [7, 11) is 0. The molecule has 0 aliphatic carbocycles. The van der Waals surface area contributed by atoms with E-state index in [4.69, 9.17) is 4.84 Å². The molecule has 9 nitrogen and oxygen atoms in total. The largest absolute Gasteiger partial charge is 0.382 e. The summed E-state index contributed by atoms with van der Waals surface area (Å²) in [6.45, 7) is 1.43. The van der Waals surface area contributed by atoms with Crippen molar-refractivity contribution in [3.8, 4) is 0 Å². The van der Waals surface area contributed by atoms with Crippen LogP contribution in [0.4, 0.5) is 17.1 Å². The molecule has 1 heterocycles. The van der Waals surface area contributed by atoms with E-state index in [2.05, 4.69) is 15.8 Å². The molecule has 9 heteroatoms. The van der Waals surface area contributed by atoms with Crippen molar-refractivity contribution in [3.05, 3.63) is 64.2 Å². The number of carbonyl (C=O) groups is 2. The number of nitrogens with zero attached hydrogens (tertiary/aromatic N) is 2. The quantitative estimate of drug-likeness (QED) is 0.620. The van der Waals surface area contributed by atoms with E-state index in [0.717, 1.165) is 5.56 Å². The molecule has 0 fully saturated rings. The van der Waals surface area contributed by atoms with Crippen LogP contribution in [-0.2, 0) is 14.4 Å². The van der Waals surface area contributed by atoms with E-state index in [1.807, 2.05) is 0 Å². The summed E-state index contributed by atoms with van der Waals surface area (Å²) < 4.78 is 0. The molecule has 0 aromatic heterocycles. The topological polar surface area (TPSA) is 123 Å². The molecule has 0 bridgehead atoms. The Balaban J connectivity index is 1.58. The third-order valence-corrected chi connectivity index (χ3v) is 3.85. The fourth-order valence-corrected chi connectivity index (χ4v) is 2.53. The standard InChI is InChI=1S/C18H16N4O5/c1-11(23)19-13-4-2-12(3-5-13)16-10-17(27-21-16)18(24)20-14-6-8-15(9-7-14)22(25)26/h2-9,17H,10H2,1H3,(H,19,23)(H,20,24). The highest BCUT2D eigenvalue weighted by Gasteiger charge is 2.29. The Hall–Kier alpha value is -3.75. The first-order chi connectivity index (χ1) is 12.9. The molecule has 1 atom stereocenters. The highest BCUT2D eigenvalue weighted by Crippen LogP contribution is 2.21. The number of hydrogen-bond donors (Lipinski definition) is 2. The van der Waals surface area contributed by atoms with Crippen LogP contribution in [-0.4, -0.2) is 28.6 Å². The molecule has 3 rings (SSSR count). The van der Waals surface area contributed by atoms with Gasteiger partial charge in [-0.3, -0.25) is 19.7 Å². The third-order valence-electron chi connectivity index (χ3n) is 3.85. The molecular formula is C18H16N4O5. The fourth-order valence-electron chi connectivity index (χ4n) is 2.53. The predicted molar refractivity (Wildman–Crippen MR) is 98.5 cm³/mol. The lowest BCUT2D eigenvalue weighted by Crippen LogP contribution is -2.28. The van der Waals surface area contributed by atoms with Gasteiger partial charge in [-0.1, -0.05) is 17.3 Å². The fraction of sp³-hybridized carbons (Fsp3) is 0.167. The number of rotatable bonds is 5. The average molecular weight is 368 g/mol. The molecular weight excluding hydrogens is 352 g/mol. The van der Waals surface area contributed by atoms with Gasteiger partial charge in [0.05, 0.1) is 10.6 Å². The molecule has 2 N–H and O–H groups in total. The number of benzene rings is 2. The van der Waals surface area contributed by atoms with E-state index in [0.29, 0.717) is 17.1 Å².